The van der Waals surface area contributed by atoms with E-state index < -0.39 is 11.7 Å². The number of hydrogen-bond donors (Lipinski definition) is 0. The van der Waals surface area contributed by atoms with E-state index in [1.54, 1.807) is 12.1 Å². The Hall–Kier alpha value is -1.56. The van der Waals surface area contributed by atoms with Gasteiger partial charge >= 0.3 is 12.1 Å². The normalized spacial score (nSPS) is 20.3. The summed E-state index contributed by atoms with van der Waals surface area (Å²) in [6.07, 6.45) is 2.13. The number of alkyl halides is 3. The lowest BCUT2D eigenvalue weighted by molar-refractivity contribution is -0.142. The molecule has 1 saturated heterocycles. The fourth-order valence-electron chi connectivity index (χ4n) is 4.75. The summed E-state index contributed by atoms with van der Waals surface area (Å²) in [5.74, 6) is 1.18. The summed E-state index contributed by atoms with van der Waals surface area (Å²) in [4.78, 5) is 14.4. The van der Waals surface area contributed by atoms with Crippen LogP contribution in [0, 0.1) is 17.8 Å². The molecule has 1 aromatic carbocycles. The van der Waals surface area contributed by atoms with E-state index in [2.05, 4.69) is 32.6 Å². The number of halogens is 3. The van der Waals surface area contributed by atoms with Crippen molar-refractivity contribution in [2.45, 2.75) is 90.9 Å². The summed E-state index contributed by atoms with van der Waals surface area (Å²) in [5, 5.41) is 0. The van der Waals surface area contributed by atoms with E-state index >= 15 is 0 Å². The van der Waals surface area contributed by atoms with Crippen LogP contribution in [0.1, 0.15) is 89.8 Å². The number of esters is 1. The molecule has 2 rings (SSSR count). The Morgan fingerprint density at radius 3 is 2.06 bits per heavy atom. The first-order valence-corrected chi connectivity index (χ1v) is 12.0. The number of rotatable bonds is 10. The van der Waals surface area contributed by atoms with Crippen molar-refractivity contribution in [3.63, 3.8) is 0 Å². The quantitative estimate of drug-likeness (QED) is 0.348. The van der Waals surface area contributed by atoms with Crippen molar-refractivity contribution < 1.29 is 22.7 Å². The molecule has 3 nitrogen and oxygen atoms in total. The van der Waals surface area contributed by atoms with Crippen LogP contribution in [0.5, 0.6) is 0 Å². The van der Waals surface area contributed by atoms with E-state index in [0.717, 1.165) is 50.6 Å². The van der Waals surface area contributed by atoms with Crippen LogP contribution in [-0.2, 0) is 15.7 Å². The van der Waals surface area contributed by atoms with Crippen molar-refractivity contribution in [3.8, 4) is 0 Å². The van der Waals surface area contributed by atoms with Gasteiger partial charge in [-0.25, -0.2) is 0 Å². The number of hydrogen-bond acceptors (Lipinski definition) is 3. The first kappa shape index (κ1) is 26.7. The average molecular weight is 456 g/mol. The summed E-state index contributed by atoms with van der Waals surface area (Å²) in [5.41, 5.74) is 0.289. The third-order valence-electron chi connectivity index (χ3n) is 6.68. The highest BCUT2D eigenvalue weighted by Gasteiger charge is 2.36. The average Bonchev–Trinajstić information content (AvgIpc) is 2.73. The van der Waals surface area contributed by atoms with E-state index in [4.69, 9.17) is 4.74 Å². The van der Waals surface area contributed by atoms with Crippen LogP contribution in [0.25, 0.3) is 0 Å². The Bertz CT molecular complexity index is 688. The maximum absolute atomic E-state index is 13.1. The standard InChI is InChI=1S/C26H40F3NO2/c1-18(2)6-12-23(13-7-19(3)4)30-15-14-20(17-25(31)32-5)16-24(30)21-8-10-22(11-9-21)26(27,28)29/h8-11,18-20,23-24H,6-7,12-17H2,1-5H3/t20-,24+/m1/s1. The van der Waals surface area contributed by atoms with Gasteiger partial charge in [0, 0.05) is 18.5 Å². The lowest BCUT2D eigenvalue weighted by atomic mass is 9.82. The van der Waals surface area contributed by atoms with Crippen molar-refractivity contribution in [2.24, 2.45) is 17.8 Å². The number of ether oxygens (including phenoxy) is 1. The second-order valence-electron chi connectivity index (χ2n) is 10.1. The molecule has 0 aromatic heterocycles. The summed E-state index contributed by atoms with van der Waals surface area (Å²) >= 11 is 0. The monoisotopic (exact) mass is 455 g/mol. The lowest BCUT2D eigenvalue weighted by Crippen LogP contribution is -2.44. The smallest absolute Gasteiger partial charge is 0.416 e. The van der Waals surface area contributed by atoms with Crippen LogP contribution in [0.4, 0.5) is 13.2 Å². The molecule has 1 fully saturated rings. The maximum atomic E-state index is 13.1. The number of carbonyl (C=O) groups is 1. The summed E-state index contributed by atoms with van der Waals surface area (Å²) < 4.78 is 44.2. The fraction of sp³-hybridized carbons (Fsp3) is 0.731. The van der Waals surface area contributed by atoms with Crippen LogP contribution in [0.3, 0.4) is 0 Å². The van der Waals surface area contributed by atoms with Gasteiger partial charge in [0.15, 0.2) is 0 Å². The number of methoxy groups -OCH3 is 1. The van der Waals surface area contributed by atoms with Crippen molar-refractivity contribution >= 4 is 5.97 Å². The zero-order valence-corrected chi connectivity index (χ0v) is 20.3. The molecule has 0 saturated carbocycles. The molecule has 1 heterocycles. The molecule has 0 N–H and O–H groups in total. The summed E-state index contributed by atoms with van der Waals surface area (Å²) in [6.45, 7) is 9.78. The van der Waals surface area contributed by atoms with Gasteiger partial charge in [0.2, 0.25) is 0 Å². The van der Waals surface area contributed by atoms with Crippen molar-refractivity contribution in [1.29, 1.82) is 0 Å². The topological polar surface area (TPSA) is 29.5 Å². The van der Waals surface area contributed by atoms with Crippen LogP contribution < -0.4 is 0 Å². The largest absolute Gasteiger partial charge is 0.469 e. The number of nitrogens with zero attached hydrogens (tertiary/aromatic N) is 1. The highest BCUT2D eigenvalue weighted by atomic mass is 19.4. The van der Waals surface area contributed by atoms with Gasteiger partial charge < -0.3 is 4.74 Å². The molecule has 1 aliphatic rings. The SMILES string of the molecule is COC(=O)C[C@@H]1CCN(C(CCC(C)C)CCC(C)C)[C@H](c2ccc(C(F)(F)F)cc2)C1. The van der Waals surface area contributed by atoms with Gasteiger partial charge in [0.25, 0.3) is 0 Å². The van der Waals surface area contributed by atoms with Crippen LogP contribution in [-0.4, -0.2) is 30.6 Å². The molecule has 0 aliphatic carbocycles. The molecule has 0 bridgehead atoms. The molecule has 1 aromatic rings. The minimum atomic E-state index is -4.34. The summed E-state index contributed by atoms with van der Waals surface area (Å²) in [6, 6.07) is 6.05. The van der Waals surface area contributed by atoms with E-state index in [1.807, 2.05) is 0 Å². The van der Waals surface area contributed by atoms with E-state index in [9.17, 15) is 18.0 Å². The molecular weight excluding hydrogens is 415 g/mol. The van der Waals surface area contributed by atoms with Crippen molar-refractivity contribution in [3.05, 3.63) is 35.4 Å². The molecule has 6 heteroatoms. The number of piperidine rings is 1. The Balaban J connectivity index is 2.30. The second-order valence-corrected chi connectivity index (χ2v) is 10.1. The van der Waals surface area contributed by atoms with Crippen LogP contribution in [0.15, 0.2) is 24.3 Å². The predicted molar refractivity (Wildman–Crippen MR) is 122 cm³/mol. The Morgan fingerprint density at radius 2 is 1.59 bits per heavy atom. The highest BCUT2D eigenvalue weighted by molar-refractivity contribution is 5.69. The number of likely N-dealkylation sites (tertiary alicyclic amines) is 1. The molecule has 32 heavy (non-hydrogen) atoms. The van der Waals surface area contributed by atoms with Crippen LogP contribution >= 0.6 is 0 Å². The first-order valence-electron chi connectivity index (χ1n) is 12.0. The van der Waals surface area contributed by atoms with Crippen LogP contribution in [0.2, 0.25) is 0 Å². The van der Waals surface area contributed by atoms with Crippen molar-refractivity contribution in [2.75, 3.05) is 13.7 Å². The maximum Gasteiger partial charge on any atom is 0.416 e. The third kappa shape index (κ3) is 8.09. The number of benzene rings is 1. The first-order chi connectivity index (χ1) is 15.0. The Kier molecular flexibility index (Phi) is 10.1. The molecular formula is C26H40F3NO2. The minimum Gasteiger partial charge on any atom is -0.469 e. The van der Waals surface area contributed by atoms with E-state index in [-0.39, 0.29) is 17.9 Å². The molecule has 1 aliphatic heterocycles. The lowest BCUT2D eigenvalue weighted by Gasteiger charge is -2.45. The molecule has 2 atom stereocenters. The molecule has 0 radical (unpaired) electrons. The van der Waals surface area contributed by atoms with E-state index in [0.29, 0.717) is 24.3 Å². The van der Waals surface area contributed by atoms with Gasteiger partial charge in [-0.15, -0.1) is 0 Å². The second kappa shape index (κ2) is 12.1. The zero-order valence-electron chi connectivity index (χ0n) is 20.3. The van der Waals surface area contributed by atoms with Gasteiger partial charge in [-0.1, -0.05) is 39.8 Å². The molecule has 0 spiro atoms. The zero-order chi connectivity index (χ0) is 23.9. The highest BCUT2D eigenvalue weighted by Crippen LogP contribution is 2.40. The summed E-state index contributed by atoms with van der Waals surface area (Å²) in [7, 11) is 1.40. The molecule has 0 unspecified atom stereocenters. The van der Waals surface area contributed by atoms with Gasteiger partial charge in [-0.3, -0.25) is 9.69 Å². The Labute approximate surface area is 191 Å². The van der Waals surface area contributed by atoms with Gasteiger partial charge in [-0.05, 0) is 80.5 Å². The fourth-order valence-corrected chi connectivity index (χ4v) is 4.75. The molecule has 182 valence electrons. The van der Waals surface area contributed by atoms with Gasteiger partial charge in [0.05, 0.1) is 12.7 Å². The minimum absolute atomic E-state index is 0.0185. The van der Waals surface area contributed by atoms with E-state index in [1.165, 1.54) is 19.2 Å². The Morgan fingerprint density at radius 1 is 1.03 bits per heavy atom. The predicted octanol–water partition coefficient (Wildman–Crippen LogP) is 7.26. The molecule has 0 amide bonds. The van der Waals surface area contributed by atoms with Crippen molar-refractivity contribution in [1.82, 2.24) is 4.90 Å². The van der Waals surface area contributed by atoms with Gasteiger partial charge in [-0.2, -0.15) is 13.2 Å². The van der Waals surface area contributed by atoms with Gasteiger partial charge in [0.1, 0.15) is 0 Å². The third-order valence-corrected chi connectivity index (χ3v) is 6.68. The number of carbonyl (C=O) groups excluding carboxylic acids is 1.